The smallest absolute Gasteiger partial charge is 0.422 e. The number of alkyl halides is 3. The SMILES string of the molecule is N#Cc1ccc(NCC(=O)NCc2ccc(OCC(F)(F)F)cc2)cc1. The molecule has 0 aliphatic carbocycles. The summed E-state index contributed by atoms with van der Waals surface area (Å²) >= 11 is 0. The zero-order chi connectivity index (χ0) is 19.0. The molecule has 2 aromatic carbocycles. The number of halogens is 3. The minimum absolute atomic E-state index is 0.0542. The van der Waals surface area contributed by atoms with Crippen LogP contribution >= 0.6 is 0 Å². The summed E-state index contributed by atoms with van der Waals surface area (Å²) < 4.78 is 40.8. The van der Waals surface area contributed by atoms with Crippen LogP contribution in [0.2, 0.25) is 0 Å². The number of nitrogens with one attached hydrogen (secondary N) is 2. The molecule has 0 spiro atoms. The number of nitrogens with zero attached hydrogens (tertiary/aromatic N) is 1. The van der Waals surface area contributed by atoms with Crippen molar-refractivity contribution in [3.63, 3.8) is 0 Å². The van der Waals surface area contributed by atoms with E-state index in [0.29, 0.717) is 11.3 Å². The average Bonchev–Trinajstić information content (AvgIpc) is 2.63. The van der Waals surface area contributed by atoms with E-state index in [-0.39, 0.29) is 24.7 Å². The van der Waals surface area contributed by atoms with Crippen LogP contribution in [0.1, 0.15) is 11.1 Å². The van der Waals surface area contributed by atoms with Crippen LogP contribution in [0, 0.1) is 11.3 Å². The van der Waals surface area contributed by atoms with Crippen molar-refractivity contribution in [2.75, 3.05) is 18.5 Å². The molecule has 136 valence electrons. The summed E-state index contributed by atoms with van der Waals surface area (Å²) in [6, 6.07) is 14.7. The van der Waals surface area contributed by atoms with Crippen LogP contribution in [0.3, 0.4) is 0 Å². The molecule has 0 aliphatic rings. The van der Waals surface area contributed by atoms with E-state index in [2.05, 4.69) is 15.4 Å². The molecular formula is C18H16F3N3O2. The second-order valence-corrected chi connectivity index (χ2v) is 5.37. The Bertz CT molecular complexity index is 766. The summed E-state index contributed by atoms with van der Waals surface area (Å²) in [7, 11) is 0. The zero-order valence-corrected chi connectivity index (χ0v) is 13.6. The van der Waals surface area contributed by atoms with Crippen molar-refractivity contribution < 1.29 is 22.7 Å². The summed E-state index contributed by atoms with van der Waals surface area (Å²) in [4.78, 5) is 11.8. The molecule has 26 heavy (non-hydrogen) atoms. The second kappa shape index (κ2) is 8.76. The molecule has 0 fully saturated rings. The van der Waals surface area contributed by atoms with E-state index in [0.717, 1.165) is 5.56 Å². The standard InChI is InChI=1S/C18H16F3N3O2/c19-18(20,21)12-26-16-7-3-14(4-8-16)10-24-17(25)11-23-15-5-1-13(9-22)2-6-15/h1-8,23H,10-12H2,(H,24,25). The first-order valence-corrected chi connectivity index (χ1v) is 7.65. The maximum atomic E-state index is 12.1. The van der Waals surface area contributed by atoms with E-state index in [1.807, 2.05) is 6.07 Å². The van der Waals surface area contributed by atoms with Gasteiger partial charge in [-0.25, -0.2) is 0 Å². The third-order valence-electron chi connectivity index (χ3n) is 3.28. The van der Waals surface area contributed by atoms with Crippen molar-refractivity contribution in [1.82, 2.24) is 5.32 Å². The van der Waals surface area contributed by atoms with Gasteiger partial charge in [-0.1, -0.05) is 12.1 Å². The third kappa shape index (κ3) is 6.73. The van der Waals surface area contributed by atoms with E-state index in [1.165, 1.54) is 12.1 Å². The number of anilines is 1. The van der Waals surface area contributed by atoms with Crippen molar-refractivity contribution >= 4 is 11.6 Å². The third-order valence-corrected chi connectivity index (χ3v) is 3.28. The number of carbonyl (C=O) groups is 1. The molecule has 0 saturated carbocycles. The summed E-state index contributed by atoms with van der Waals surface area (Å²) in [6.07, 6.45) is -4.38. The molecule has 0 heterocycles. The summed E-state index contributed by atoms with van der Waals surface area (Å²) in [5, 5.41) is 14.3. The number of hydrogen-bond acceptors (Lipinski definition) is 4. The van der Waals surface area contributed by atoms with Crippen LogP contribution in [0.5, 0.6) is 5.75 Å². The molecule has 2 rings (SSSR count). The molecule has 5 nitrogen and oxygen atoms in total. The lowest BCUT2D eigenvalue weighted by atomic mass is 10.2. The number of benzene rings is 2. The van der Waals surface area contributed by atoms with Gasteiger partial charge in [-0.3, -0.25) is 4.79 Å². The van der Waals surface area contributed by atoms with Gasteiger partial charge in [0, 0.05) is 12.2 Å². The highest BCUT2D eigenvalue weighted by atomic mass is 19.4. The lowest BCUT2D eigenvalue weighted by molar-refractivity contribution is -0.153. The predicted octanol–water partition coefficient (Wildman–Crippen LogP) is 3.23. The minimum Gasteiger partial charge on any atom is -0.484 e. The largest absolute Gasteiger partial charge is 0.484 e. The monoisotopic (exact) mass is 363 g/mol. The first kappa shape index (κ1) is 19.1. The molecule has 8 heteroatoms. The Balaban J connectivity index is 1.73. The number of nitriles is 1. The fourth-order valence-electron chi connectivity index (χ4n) is 1.98. The van der Waals surface area contributed by atoms with Crippen molar-refractivity contribution in [3.05, 3.63) is 59.7 Å². The van der Waals surface area contributed by atoms with E-state index in [1.54, 1.807) is 36.4 Å². The Hall–Kier alpha value is -3.21. The van der Waals surface area contributed by atoms with Crippen LogP contribution in [0.15, 0.2) is 48.5 Å². The molecule has 0 saturated heterocycles. The second-order valence-electron chi connectivity index (χ2n) is 5.37. The van der Waals surface area contributed by atoms with E-state index in [4.69, 9.17) is 5.26 Å². The quantitative estimate of drug-likeness (QED) is 0.792. The molecular weight excluding hydrogens is 347 g/mol. The first-order valence-electron chi connectivity index (χ1n) is 7.65. The molecule has 0 aromatic heterocycles. The highest BCUT2D eigenvalue weighted by molar-refractivity contribution is 5.80. The van der Waals surface area contributed by atoms with Crippen LogP contribution in [0.4, 0.5) is 18.9 Å². The van der Waals surface area contributed by atoms with Crippen LogP contribution in [-0.4, -0.2) is 25.2 Å². The number of carbonyl (C=O) groups excluding carboxylic acids is 1. The van der Waals surface area contributed by atoms with Gasteiger partial charge in [-0.15, -0.1) is 0 Å². The molecule has 0 unspecified atom stereocenters. The molecule has 0 aliphatic heterocycles. The Morgan fingerprint density at radius 2 is 1.73 bits per heavy atom. The lowest BCUT2D eigenvalue weighted by Gasteiger charge is -2.10. The molecule has 0 bridgehead atoms. The Labute approximate surface area is 148 Å². The fraction of sp³-hybridized carbons (Fsp3) is 0.222. The Morgan fingerprint density at radius 1 is 1.08 bits per heavy atom. The van der Waals surface area contributed by atoms with Crippen LogP contribution in [-0.2, 0) is 11.3 Å². The molecule has 0 atom stereocenters. The summed E-state index contributed by atoms with van der Waals surface area (Å²) in [6.45, 7) is -1.05. The number of rotatable bonds is 7. The number of amides is 1. The van der Waals surface area contributed by atoms with Gasteiger partial charge in [-0.2, -0.15) is 18.4 Å². The topological polar surface area (TPSA) is 74.2 Å². The summed E-state index contributed by atoms with van der Waals surface area (Å²) in [5.74, 6) is -0.133. The van der Waals surface area contributed by atoms with Gasteiger partial charge in [0.05, 0.1) is 18.2 Å². The van der Waals surface area contributed by atoms with Gasteiger partial charge in [-0.05, 0) is 42.0 Å². The van der Waals surface area contributed by atoms with E-state index in [9.17, 15) is 18.0 Å². The van der Waals surface area contributed by atoms with Gasteiger partial charge in [0.2, 0.25) is 5.91 Å². The molecule has 2 N–H and O–H groups in total. The van der Waals surface area contributed by atoms with Gasteiger partial charge >= 0.3 is 6.18 Å². The van der Waals surface area contributed by atoms with Gasteiger partial charge in [0.15, 0.2) is 6.61 Å². The number of hydrogen-bond donors (Lipinski definition) is 2. The maximum absolute atomic E-state index is 12.1. The minimum atomic E-state index is -4.38. The molecule has 2 aromatic rings. The fourth-order valence-corrected chi connectivity index (χ4v) is 1.98. The maximum Gasteiger partial charge on any atom is 0.422 e. The molecule has 0 radical (unpaired) electrons. The number of ether oxygens (including phenoxy) is 1. The van der Waals surface area contributed by atoms with Gasteiger partial charge in [0.1, 0.15) is 5.75 Å². The first-order chi connectivity index (χ1) is 12.4. The van der Waals surface area contributed by atoms with Crippen LogP contribution in [0.25, 0.3) is 0 Å². The van der Waals surface area contributed by atoms with E-state index < -0.39 is 12.8 Å². The average molecular weight is 363 g/mol. The van der Waals surface area contributed by atoms with Crippen molar-refractivity contribution in [3.8, 4) is 11.8 Å². The van der Waals surface area contributed by atoms with Crippen molar-refractivity contribution in [2.45, 2.75) is 12.7 Å². The summed E-state index contributed by atoms with van der Waals surface area (Å²) in [5.41, 5.74) is 1.98. The van der Waals surface area contributed by atoms with Crippen molar-refractivity contribution in [2.24, 2.45) is 0 Å². The van der Waals surface area contributed by atoms with Gasteiger partial charge in [0.25, 0.3) is 0 Å². The van der Waals surface area contributed by atoms with Gasteiger partial charge < -0.3 is 15.4 Å². The Kier molecular flexibility index (Phi) is 6.44. The highest BCUT2D eigenvalue weighted by Gasteiger charge is 2.28. The van der Waals surface area contributed by atoms with E-state index >= 15 is 0 Å². The van der Waals surface area contributed by atoms with Crippen LogP contribution < -0.4 is 15.4 Å². The van der Waals surface area contributed by atoms with Crippen molar-refractivity contribution in [1.29, 1.82) is 5.26 Å². The molecule has 1 amide bonds. The Morgan fingerprint density at radius 3 is 2.31 bits per heavy atom. The lowest BCUT2D eigenvalue weighted by Crippen LogP contribution is -2.29. The highest BCUT2D eigenvalue weighted by Crippen LogP contribution is 2.18. The zero-order valence-electron chi connectivity index (χ0n) is 13.6. The predicted molar refractivity (Wildman–Crippen MR) is 89.5 cm³/mol. The normalized spacial score (nSPS) is 10.7.